The maximum absolute atomic E-state index is 15.4. The van der Waals surface area contributed by atoms with Gasteiger partial charge in [-0.1, -0.05) is 121 Å². The first kappa shape index (κ1) is 31.2. The second-order valence-corrected chi connectivity index (χ2v) is 12.8. The van der Waals surface area contributed by atoms with E-state index in [1.54, 1.807) is 12.1 Å². The van der Waals surface area contributed by atoms with E-state index in [-0.39, 0.29) is 5.56 Å². The van der Waals surface area contributed by atoms with E-state index in [0.717, 1.165) is 44.2 Å². The molecule has 0 radical (unpaired) electrons. The van der Waals surface area contributed by atoms with E-state index < -0.39 is 11.6 Å². The van der Waals surface area contributed by atoms with Crippen LogP contribution in [0.3, 0.4) is 0 Å². The summed E-state index contributed by atoms with van der Waals surface area (Å²) in [7, 11) is 0. The lowest BCUT2D eigenvalue weighted by molar-refractivity contribution is 0.589. The van der Waals surface area contributed by atoms with E-state index in [1.165, 1.54) is 29.3 Å². The van der Waals surface area contributed by atoms with Gasteiger partial charge in [0.2, 0.25) is 0 Å². The molecular weight excluding hydrogens is 647 g/mol. The lowest BCUT2D eigenvalue weighted by Crippen LogP contribution is -2.04. The fourth-order valence-electron chi connectivity index (χ4n) is 7.07. The Morgan fingerprint density at radius 3 is 1.69 bits per heavy atom. The van der Waals surface area contributed by atoms with E-state index in [0.29, 0.717) is 28.6 Å². The van der Waals surface area contributed by atoms with Gasteiger partial charge in [0.25, 0.3) is 0 Å². The second kappa shape index (κ2) is 12.8. The summed E-state index contributed by atoms with van der Waals surface area (Å²) in [4.78, 5) is 15.0. The molecule has 2 heterocycles. The van der Waals surface area contributed by atoms with E-state index in [9.17, 15) is 0 Å². The summed E-state index contributed by atoms with van der Waals surface area (Å²) in [6, 6.07) is 52.1. The largest absolute Gasteiger partial charge is 0.309 e. The van der Waals surface area contributed by atoms with Crippen LogP contribution in [0, 0.1) is 18.6 Å². The van der Waals surface area contributed by atoms with E-state index in [2.05, 4.69) is 66.1 Å². The molecule has 6 heteroatoms. The monoisotopic (exact) mass is 676 g/mol. The highest BCUT2D eigenvalue weighted by molar-refractivity contribution is 6.11. The van der Waals surface area contributed by atoms with Crippen LogP contribution in [0.15, 0.2) is 164 Å². The average Bonchev–Trinajstić information content (AvgIpc) is 3.52. The number of fused-ring (bicyclic) bond motifs is 3. The Hall–Kier alpha value is -6.79. The number of rotatable bonds is 6. The Bertz CT molecular complexity index is 2700. The van der Waals surface area contributed by atoms with E-state index in [4.69, 9.17) is 15.0 Å². The van der Waals surface area contributed by atoms with Crippen molar-refractivity contribution in [2.24, 2.45) is 0 Å². The molecule has 4 nitrogen and oxygen atoms in total. The van der Waals surface area contributed by atoms with Crippen molar-refractivity contribution in [1.29, 1.82) is 0 Å². The zero-order valence-corrected chi connectivity index (χ0v) is 28.1. The predicted octanol–water partition coefficient (Wildman–Crippen LogP) is 11.9. The van der Waals surface area contributed by atoms with Crippen LogP contribution >= 0.6 is 0 Å². The molecule has 0 N–H and O–H groups in total. The van der Waals surface area contributed by atoms with Gasteiger partial charge in [0.15, 0.2) is 17.5 Å². The summed E-state index contributed by atoms with van der Waals surface area (Å²) in [6.45, 7) is 2.12. The Labute approximate surface area is 299 Å². The topological polar surface area (TPSA) is 43.6 Å². The van der Waals surface area contributed by atoms with Gasteiger partial charge in [-0.25, -0.2) is 23.7 Å². The Balaban J connectivity index is 1.36. The van der Waals surface area contributed by atoms with Crippen molar-refractivity contribution in [3.05, 3.63) is 181 Å². The van der Waals surface area contributed by atoms with Gasteiger partial charge in [-0.2, -0.15) is 0 Å². The third-order valence-corrected chi connectivity index (χ3v) is 9.56. The predicted molar refractivity (Wildman–Crippen MR) is 206 cm³/mol. The number of nitrogens with zero attached hydrogens (tertiary/aromatic N) is 4. The van der Waals surface area contributed by atoms with Gasteiger partial charge >= 0.3 is 0 Å². The Kier molecular flexibility index (Phi) is 7.70. The standard InChI is InChI=1S/C46H30F2N4/c1-29-13-8-9-18-34(29)32-23-25-41-36(27-32)35-19-10-11-22-40(35)52(41)42-26-24-33(43-38(47)20-12-21-39(43)48)28-37(42)46-50-44(30-14-4-2-5-15-30)49-45(51-46)31-16-6-3-7-17-31/h2-28H,1H3. The molecule has 7 aromatic carbocycles. The highest BCUT2D eigenvalue weighted by atomic mass is 19.1. The number of halogens is 2. The molecule has 0 aliphatic rings. The minimum absolute atomic E-state index is 0.110. The van der Waals surface area contributed by atoms with Gasteiger partial charge in [-0.05, 0) is 71.6 Å². The molecule has 0 amide bonds. The fourth-order valence-corrected chi connectivity index (χ4v) is 7.07. The molecule has 0 aliphatic heterocycles. The average molecular weight is 677 g/mol. The van der Waals surface area contributed by atoms with Crippen molar-refractivity contribution in [2.75, 3.05) is 0 Å². The lowest BCUT2D eigenvalue weighted by Gasteiger charge is -2.17. The summed E-state index contributed by atoms with van der Waals surface area (Å²) in [5, 5.41) is 2.16. The van der Waals surface area contributed by atoms with Crippen LogP contribution in [0.25, 0.3) is 83.9 Å². The first-order valence-electron chi connectivity index (χ1n) is 17.1. The van der Waals surface area contributed by atoms with Crippen molar-refractivity contribution >= 4 is 21.8 Å². The number of aromatic nitrogens is 4. The van der Waals surface area contributed by atoms with Crippen molar-refractivity contribution in [1.82, 2.24) is 19.5 Å². The third-order valence-electron chi connectivity index (χ3n) is 9.56. The summed E-state index contributed by atoms with van der Waals surface area (Å²) < 4.78 is 32.9. The molecule has 0 saturated heterocycles. The second-order valence-electron chi connectivity index (χ2n) is 12.8. The molecule has 0 bridgehead atoms. The molecule has 0 spiro atoms. The van der Waals surface area contributed by atoms with Gasteiger partial charge in [-0.3, -0.25) is 0 Å². The van der Waals surface area contributed by atoms with Crippen molar-refractivity contribution in [3.63, 3.8) is 0 Å². The van der Waals surface area contributed by atoms with Gasteiger partial charge in [-0.15, -0.1) is 0 Å². The van der Waals surface area contributed by atoms with Crippen LogP contribution in [0.5, 0.6) is 0 Å². The SMILES string of the molecule is Cc1ccccc1-c1ccc2c(c1)c1ccccc1n2-c1ccc(-c2c(F)cccc2F)cc1-c1nc(-c2ccccc2)nc(-c2ccccc2)n1. The van der Waals surface area contributed by atoms with Crippen LogP contribution in [0.2, 0.25) is 0 Å². The van der Waals surface area contributed by atoms with Gasteiger partial charge in [0, 0.05) is 27.5 Å². The maximum Gasteiger partial charge on any atom is 0.166 e. The zero-order chi connectivity index (χ0) is 35.2. The Morgan fingerprint density at radius 2 is 1.00 bits per heavy atom. The highest BCUT2D eigenvalue weighted by Gasteiger charge is 2.22. The number of para-hydroxylation sites is 1. The summed E-state index contributed by atoms with van der Waals surface area (Å²) >= 11 is 0. The highest BCUT2D eigenvalue weighted by Crippen LogP contribution is 2.40. The van der Waals surface area contributed by atoms with Crippen molar-refractivity contribution in [3.8, 4) is 62.1 Å². The Morgan fingerprint density at radius 1 is 0.423 bits per heavy atom. The van der Waals surface area contributed by atoms with E-state index in [1.807, 2.05) is 78.9 Å². The molecule has 0 fully saturated rings. The summed E-state index contributed by atoms with van der Waals surface area (Å²) in [5.41, 5.74) is 8.71. The van der Waals surface area contributed by atoms with Crippen molar-refractivity contribution in [2.45, 2.75) is 6.92 Å². The van der Waals surface area contributed by atoms with Gasteiger partial charge in [0.1, 0.15) is 11.6 Å². The molecule has 248 valence electrons. The van der Waals surface area contributed by atoms with Gasteiger partial charge in [0.05, 0.1) is 22.3 Å². The number of aryl methyl sites for hydroxylation is 1. The maximum atomic E-state index is 15.4. The van der Waals surface area contributed by atoms with Crippen LogP contribution in [0.4, 0.5) is 8.78 Å². The van der Waals surface area contributed by atoms with Crippen LogP contribution in [-0.4, -0.2) is 19.5 Å². The quantitative estimate of drug-likeness (QED) is 0.176. The first-order chi connectivity index (χ1) is 25.5. The fraction of sp³-hybridized carbons (Fsp3) is 0.0217. The van der Waals surface area contributed by atoms with Crippen LogP contribution in [0.1, 0.15) is 5.56 Å². The molecule has 0 atom stereocenters. The minimum atomic E-state index is -0.648. The van der Waals surface area contributed by atoms with E-state index >= 15 is 8.78 Å². The molecule has 0 aliphatic carbocycles. The lowest BCUT2D eigenvalue weighted by atomic mass is 9.98. The zero-order valence-electron chi connectivity index (χ0n) is 28.1. The molecule has 0 unspecified atom stereocenters. The van der Waals surface area contributed by atoms with Crippen LogP contribution < -0.4 is 0 Å². The summed E-state index contributed by atoms with van der Waals surface area (Å²) in [6.07, 6.45) is 0. The smallest absolute Gasteiger partial charge is 0.166 e. The molecular formula is C46H30F2N4. The normalized spacial score (nSPS) is 11.4. The van der Waals surface area contributed by atoms with Crippen LogP contribution in [-0.2, 0) is 0 Å². The molecule has 9 aromatic rings. The number of hydrogen-bond donors (Lipinski definition) is 0. The first-order valence-corrected chi connectivity index (χ1v) is 17.1. The molecule has 9 rings (SSSR count). The van der Waals surface area contributed by atoms with Gasteiger partial charge < -0.3 is 4.57 Å². The number of benzene rings is 7. The third kappa shape index (κ3) is 5.42. The number of hydrogen-bond acceptors (Lipinski definition) is 3. The van der Waals surface area contributed by atoms with Crippen molar-refractivity contribution < 1.29 is 8.78 Å². The summed E-state index contributed by atoms with van der Waals surface area (Å²) in [5.74, 6) is 0.0597. The molecule has 0 saturated carbocycles. The minimum Gasteiger partial charge on any atom is -0.309 e. The molecule has 52 heavy (non-hydrogen) atoms. The molecule has 2 aromatic heterocycles.